The normalized spacial score (nSPS) is 12.4. The molecule has 2 aromatic carbocycles. The van der Waals surface area contributed by atoms with E-state index in [0.29, 0.717) is 12.0 Å². The Balaban J connectivity index is 2.32. The Labute approximate surface area is 147 Å². The molecule has 0 saturated carbocycles. The second-order valence-electron chi connectivity index (χ2n) is 6.94. The number of primary amides is 1. The van der Waals surface area contributed by atoms with Crippen LogP contribution in [-0.4, -0.2) is 22.6 Å². The van der Waals surface area contributed by atoms with Crippen LogP contribution in [0.25, 0.3) is 0 Å². The van der Waals surface area contributed by atoms with Crippen molar-refractivity contribution in [2.45, 2.75) is 38.7 Å². The standard InChI is InChI=1S/C20H23NO4/c1-20(2,3)25-19(24)17(12-13-4-10-16(22)11-5-13)14-6-8-15(9-7-14)18(21)23/h4-11,17,22H,12H2,1-3H3,(H2,21,23)/t17-/m0/s1. The molecule has 2 rings (SSSR count). The highest BCUT2D eigenvalue weighted by Gasteiger charge is 2.27. The van der Waals surface area contributed by atoms with E-state index in [1.54, 1.807) is 48.5 Å². The Morgan fingerprint density at radius 3 is 2.08 bits per heavy atom. The van der Waals surface area contributed by atoms with Crippen molar-refractivity contribution in [1.82, 2.24) is 0 Å². The molecular formula is C20H23NO4. The van der Waals surface area contributed by atoms with Crippen LogP contribution in [0.3, 0.4) is 0 Å². The second kappa shape index (κ2) is 7.38. The van der Waals surface area contributed by atoms with Crippen molar-refractivity contribution in [3.8, 4) is 5.75 Å². The molecule has 0 bridgehead atoms. The number of carbonyl (C=O) groups excluding carboxylic acids is 2. The average molecular weight is 341 g/mol. The summed E-state index contributed by atoms with van der Waals surface area (Å²) in [7, 11) is 0. The van der Waals surface area contributed by atoms with Gasteiger partial charge in [-0.15, -0.1) is 0 Å². The van der Waals surface area contributed by atoms with Gasteiger partial charge in [-0.05, 0) is 62.6 Å². The molecule has 5 heteroatoms. The molecular weight excluding hydrogens is 318 g/mol. The lowest BCUT2D eigenvalue weighted by molar-refractivity contribution is -0.156. The molecule has 0 aliphatic heterocycles. The van der Waals surface area contributed by atoms with E-state index < -0.39 is 17.4 Å². The van der Waals surface area contributed by atoms with Crippen LogP contribution in [-0.2, 0) is 16.0 Å². The van der Waals surface area contributed by atoms with Crippen LogP contribution in [0, 0.1) is 0 Å². The number of ether oxygens (including phenoxy) is 1. The molecule has 25 heavy (non-hydrogen) atoms. The first-order valence-corrected chi connectivity index (χ1v) is 8.06. The minimum Gasteiger partial charge on any atom is -0.508 e. The van der Waals surface area contributed by atoms with Crippen molar-refractivity contribution < 1.29 is 19.4 Å². The summed E-state index contributed by atoms with van der Waals surface area (Å²) >= 11 is 0. The number of nitrogens with two attached hydrogens (primary N) is 1. The second-order valence-corrected chi connectivity index (χ2v) is 6.94. The van der Waals surface area contributed by atoms with Gasteiger partial charge in [-0.25, -0.2) is 0 Å². The van der Waals surface area contributed by atoms with Gasteiger partial charge in [0.15, 0.2) is 0 Å². The Hall–Kier alpha value is -2.82. The molecule has 0 aliphatic rings. The topological polar surface area (TPSA) is 89.6 Å². The number of carbonyl (C=O) groups is 2. The number of esters is 1. The summed E-state index contributed by atoms with van der Waals surface area (Å²) in [5, 5.41) is 9.42. The average Bonchev–Trinajstić information content (AvgIpc) is 2.52. The Bertz CT molecular complexity index is 743. The summed E-state index contributed by atoms with van der Waals surface area (Å²) in [4.78, 5) is 23.9. The minimum atomic E-state index is -0.600. The molecule has 132 valence electrons. The third-order valence-electron chi connectivity index (χ3n) is 3.67. The summed E-state index contributed by atoms with van der Waals surface area (Å²) in [6, 6.07) is 13.3. The van der Waals surface area contributed by atoms with E-state index in [4.69, 9.17) is 10.5 Å². The lowest BCUT2D eigenvalue weighted by Gasteiger charge is -2.24. The van der Waals surface area contributed by atoms with E-state index in [0.717, 1.165) is 11.1 Å². The number of phenols is 1. The largest absolute Gasteiger partial charge is 0.508 e. The maximum Gasteiger partial charge on any atom is 0.314 e. The fourth-order valence-electron chi connectivity index (χ4n) is 2.46. The van der Waals surface area contributed by atoms with Gasteiger partial charge < -0.3 is 15.6 Å². The Morgan fingerprint density at radius 1 is 1.04 bits per heavy atom. The molecule has 1 amide bonds. The first-order valence-electron chi connectivity index (χ1n) is 8.06. The summed E-state index contributed by atoms with van der Waals surface area (Å²) < 4.78 is 5.55. The van der Waals surface area contributed by atoms with Crippen LogP contribution in [0.15, 0.2) is 48.5 Å². The quantitative estimate of drug-likeness (QED) is 0.818. The number of amides is 1. The van der Waals surface area contributed by atoms with Crippen LogP contribution < -0.4 is 5.73 Å². The van der Waals surface area contributed by atoms with Crippen molar-refractivity contribution in [2.75, 3.05) is 0 Å². The SMILES string of the molecule is CC(C)(C)OC(=O)[C@@H](Cc1ccc(O)cc1)c1ccc(C(N)=O)cc1. The number of rotatable bonds is 5. The zero-order valence-corrected chi connectivity index (χ0v) is 14.7. The first kappa shape index (κ1) is 18.5. The maximum atomic E-state index is 12.7. The Kier molecular flexibility index (Phi) is 5.47. The smallest absolute Gasteiger partial charge is 0.314 e. The molecule has 0 unspecified atom stereocenters. The van der Waals surface area contributed by atoms with Gasteiger partial charge in [-0.3, -0.25) is 9.59 Å². The van der Waals surface area contributed by atoms with Crippen LogP contribution in [0.5, 0.6) is 5.75 Å². The predicted octanol–water partition coefficient (Wildman–Crippen LogP) is 3.16. The molecule has 0 saturated heterocycles. The van der Waals surface area contributed by atoms with Gasteiger partial charge in [0, 0.05) is 5.56 Å². The molecule has 5 nitrogen and oxygen atoms in total. The van der Waals surface area contributed by atoms with Crippen molar-refractivity contribution >= 4 is 11.9 Å². The van der Waals surface area contributed by atoms with Gasteiger partial charge >= 0.3 is 5.97 Å². The minimum absolute atomic E-state index is 0.170. The monoisotopic (exact) mass is 341 g/mol. The highest BCUT2D eigenvalue weighted by molar-refractivity contribution is 5.93. The fourth-order valence-corrected chi connectivity index (χ4v) is 2.46. The molecule has 0 radical (unpaired) electrons. The zero-order valence-electron chi connectivity index (χ0n) is 14.7. The van der Waals surface area contributed by atoms with Crippen LogP contribution in [0.2, 0.25) is 0 Å². The maximum absolute atomic E-state index is 12.7. The number of benzene rings is 2. The molecule has 0 aromatic heterocycles. The lowest BCUT2D eigenvalue weighted by Crippen LogP contribution is -2.28. The van der Waals surface area contributed by atoms with Crippen molar-refractivity contribution in [3.63, 3.8) is 0 Å². The van der Waals surface area contributed by atoms with Crippen molar-refractivity contribution in [3.05, 3.63) is 65.2 Å². The molecule has 3 N–H and O–H groups in total. The zero-order chi connectivity index (χ0) is 18.6. The van der Waals surface area contributed by atoms with Gasteiger partial charge in [0.25, 0.3) is 0 Å². The third-order valence-corrected chi connectivity index (χ3v) is 3.67. The number of aromatic hydroxyl groups is 1. The molecule has 0 heterocycles. The molecule has 0 aliphatic carbocycles. The third kappa shape index (κ3) is 5.35. The van der Waals surface area contributed by atoms with Crippen molar-refractivity contribution in [1.29, 1.82) is 0 Å². The molecule has 1 atom stereocenters. The summed E-state index contributed by atoms with van der Waals surface area (Å²) in [6.07, 6.45) is 0.422. The number of phenolic OH excluding ortho intramolecular Hbond substituents is 1. The van der Waals surface area contributed by atoms with E-state index in [-0.39, 0.29) is 11.7 Å². The van der Waals surface area contributed by atoms with Gasteiger partial charge in [0.1, 0.15) is 11.4 Å². The van der Waals surface area contributed by atoms with E-state index in [1.807, 2.05) is 20.8 Å². The number of hydrogen-bond acceptors (Lipinski definition) is 4. The first-order chi connectivity index (χ1) is 11.7. The predicted molar refractivity (Wildman–Crippen MR) is 95.4 cm³/mol. The van der Waals surface area contributed by atoms with Gasteiger partial charge in [-0.1, -0.05) is 24.3 Å². The van der Waals surface area contributed by atoms with Crippen molar-refractivity contribution in [2.24, 2.45) is 5.73 Å². The Morgan fingerprint density at radius 2 is 1.60 bits per heavy atom. The van der Waals surface area contributed by atoms with Crippen LogP contribution >= 0.6 is 0 Å². The van der Waals surface area contributed by atoms with E-state index in [9.17, 15) is 14.7 Å². The fraction of sp³-hybridized carbons (Fsp3) is 0.300. The highest BCUT2D eigenvalue weighted by atomic mass is 16.6. The van der Waals surface area contributed by atoms with Gasteiger partial charge in [-0.2, -0.15) is 0 Å². The summed E-state index contributed by atoms with van der Waals surface area (Å²) in [5.74, 6) is -1.21. The highest BCUT2D eigenvalue weighted by Crippen LogP contribution is 2.26. The summed E-state index contributed by atoms with van der Waals surface area (Å²) in [6.45, 7) is 5.45. The van der Waals surface area contributed by atoms with E-state index >= 15 is 0 Å². The molecule has 2 aromatic rings. The van der Waals surface area contributed by atoms with Gasteiger partial charge in [0.2, 0.25) is 5.91 Å². The van der Waals surface area contributed by atoms with Gasteiger partial charge in [0.05, 0.1) is 5.92 Å². The van der Waals surface area contributed by atoms with Crippen LogP contribution in [0.1, 0.15) is 48.2 Å². The summed E-state index contributed by atoms with van der Waals surface area (Å²) in [5.41, 5.74) is 6.69. The number of hydrogen-bond donors (Lipinski definition) is 2. The van der Waals surface area contributed by atoms with E-state index in [2.05, 4.69) is 0 Å². The molecule has 0 spiro atoms. The van der Waals surface area contributed by atoms with Crippen LogP contribution in [0.4, 0.5) is 0 Å². The van der Waals surface area contributed by atoms with E-state index in [1.165, 1.54) is 0 Å². The lowest BCUT2D eigenvalue weighted by atomic mass is 9.91. The molecule has 0 fully saturated rings.